The summed E-state index contributed by atoms with van der Waals surface area (Å²) in [4.78, 5) is 4.66. The third-order valence-electron chi connectivity index (χ3n) is 5.66. The quantitative estimate of drug-likeness (QED) is 0.363. The van der Waals surface area contributed by atoms with Crippen molar-refractivity contribution in [1.29, 1.82) is 0 Å². The molecule has 0 aliphatic carbocycles. The molecule has 0 bridgehead atoms. The number of hydrogen-bond acceptors (Lipinski definition) is 2. The molecule has 0 saturated heterocycles. The van der Waals surface area contributed by atoms with Crippen LogP contribution < -0.4 is 0 Å². The molecule has 28 heavy (non-hydrogen) atoms. The van der Waals surface area contributed by atoms with Crippen LogP contribution in [0.4, 0.5) is 0 Å². The normalized spacial score (nSPS) is 12.2. The molecular formula is C26H29NO. The molecule has 0 N–H and O–H groups in total. The lowest BCUT2D eigenvalue weighted by Gasteiger charge is -2.11. The summed E-state index contributed by atoms with van der Waals surface area (Å²) in [7, 11) is 0. The summed E-state index contributed by atoms with van der Waals surface area (Å²) in [6, 6.07) is 15.3. The van der Waals surface area contributed by atoms with Crippen molar-refractivity contribution < 1.29 is 4.42 Å². The summed E-state index contributed by atoms with van der Waals surface area (Å²) in [6.45, 7) is 13.4. The van der Waals surface area contributed by atoms with Crippen LogP contribution in [0.2, 0.25) is 0 Å². The first-order chi connectivity index (χ1) is 13.4. The van der Waals surface area contributed by atoms with Crippen LogP contribution in [0.3, 0.4) is 0 Å². The zero-order valence-corrected chi connectivity index (χ0v) is 17.7. The number of rotatable bonds is 4. The summed E-state index contributed by atoms with van der Waals surface area (Å²) in [6.07, 6.45) is 1.91. The average molecular weight is 372 g/mol. The molecule has 4 rings (SSSR count). The summed E-state index contributed by atoms with van der Waals surface area (Å²) in [5.74, 6) is 1.37. The maximum absolute atomic E-state index is 6.53. The molecule has 144 valence electrons. The second-order valence-electron chi connectivity index (χ2n) is 8.71. The molecule has 2 aromatic carbocycles. The Balaban J connectivity index is 2.03. The van der Waals surface area contributed by atoms with E-state index in [4.69, 9.17) is 4.42 Å². The Hall–Kier alpha value is -2.61. The van der Waals surface area contributed by atoms with E-state index in [2.05, 4.69) is 89.0 Å². The van der Waals surface area contributed by atoms with Crippen molar-refractivity contribution in [2.24, 2.45) is 0 Å². The highest BCUT2D eigenvalue weighted by Gasteiger charge is 2.18. The summed E-state index contributed by atoms with van der Waals surface area (Å²) in [5.41, 5.74) is 7.94. The Morgan fingerprint density at radius 2 is 1.46 bits per heavy atom. The van der Waals surface area contributed by atoms with Gasteiger partial charge >= 0.3 is 0 Å². The number of aromatic nitrogens is 1. The molecule has 0 aliphatic rings. The summed E-state index contributed by atoms with van der Waals surface area (Å²) in [5, 5.41) is 2.39. The third kappa shape index (κ3) is 3.11. The van der Waals surface area contributed by atoms with E-state index < -0.39 is 0 Å². The predicted molar refractivity (Wildman–Crippen MR) is 119 cm³/mol. The van der Waals surface area contributed by atoms with Gasteiger partial charge in [0.2, 0.25) is 0 Å². The highest BCUT2D eigenvalue weighted by molar-refractivity contribution is 6.10. The van der Waals surface area contributed by atoms with Crippen molar-refractivity contribution in [2.45, 2.75) is 59.3 Å². The van der Waals surface area contributed by atoms with E-state index in [1.54, 1.807) is 0 Å². The van der Waals surface area contributed by atoms with E-state index in [1.807, 2.05) is 6.20 Å². The lowest BCUT2D eigenvalue weighted by molar-refractivity contribution is 0.657. The van der Waals surface area contributed by atoms with Gasteiger partial charge in [0.1, 0.15) is 11.2 Å². The highest BCUT2D eigenvalue weighted by atomic mass is 16.3. The Morgan fingerprint density at radius 3 is 2.14 bits per heavy atom. The molecule has 0 radical (unpaired) electrons. The highest BCUT2D eigenvalue weighted by Crippen LogP contribution is 2.40. The van der Waals surface area contributed by atoms with Gasteiger partial charge in [0.05, 0.1) is 5.69 Å². The third-order valence-corrected chi connectivity index (χ3v) is 5.66. The zero-order chi connectivity index (χ0) is 20.0. The van der Waals surface area contributed by atoms with Crippen LogP contribution in [-0.4, -0.2) is 4.98 Å². The van der Waals surface area contributed by atoms with Crippen LogP contribution in [0, 0.1) is 0 Å². The van der Waals surface area contributed by atoms with Crippen molar-refractivity contribution >= 4 is 21.9 Å². The molecule has 0 saturated carbocycles. The maximum atomic E-state index is 6.53. The first-order valence-corrected chi connectivity index (χ1v) is 10.3. The molecule has 0 fully saturated rings. The Morgan fingerprint density at radius 1 is 0.714 bits per heavy atom. The maximum Gasteiger partial charge on any atom is 0.144 e. The zero-order valence-electron chi connectivity index (χ0n) is 17.7. The standard InChI is InChI=1S/C26H29NO/c1-15(2)18-10-11-27-24(14-18)21-9-7-8-20-23-13-19(16(3)4)12-22(17(5)6)26(23)28-25(20)21/h7-17H,1-6H3. The van der Waals surface area contributed by atoms with E-state index >= 15 is 0 Å². The number of para-hydroxylation sites is 1. The van der Waals surface area contributed by atoms with Gasteiger partial charge in [-0.1, -0.05) is 59.7 Å². The van der Waals surface area contributed by atoms with Crippen LogP contribution in [0.25, 0.3) is 33.2 Å². The SMILES string of the molecule is CC(C)c1ccnc(-c2cccc3c2oc2c(C(C)C)cc(C(C)C)cc23)c1. The fraction of sp³-hybridized carbons (Fsp3) is 0.346. The second kappa shape index (κ2) is 7.09. The molecule has 2 aromatic heterocycles. The van der Waals surface area contributed by atoms with E-state index in [1.165, 1.54) is 27.5 Å². The van der Waals surface area contributed by atoms with Gasteiger partial charge in [-0.15, -0.1) is 0 Å². The molecule has 0 aliphatic heterocycles. The van der Waals surface area contributed by atoms with Gasteiger partial charge in [0.15, 0.2) is 0 Å². The number of furan rings is 1. The lowest BCUT2D eigenvalue weighted by Crippen LogP contribution is -1.93. The molecule has 2 nitrogen and oxygen atoms in total. The molecule has 0 atom stereocenters. The van der Waals surface area contributed by atoms with Gasteiger partial charge in [0.25, 0.3) is 0 Å². The molecule has 2 heterocycles. The Kier molecular flexibility index (Phi) is 4.74. The smallest absolute Gasteiger partial charge is 0.144 e. The van der Waals surface area contributed by atoms with Gasteiger partial charge < -0.3 is 4.42 Å². The van der Waals surface area contributed by atoms with E-state index in [9.17, 15) is 0 Å². The van der Waals surface area contributed by atoms with E-state index in [-0.39, 0.29) is 0 Å². The fourth-order valence-corrected chi connectivity index (χ4v) is 3.87. The predicted octanol–water partition coefficient (Wildman–Crippen LogP) is 8.02. The molecule has 2 heteroatoms. The van der Waals surface area contributed by atoms with Crippen molar-refractivity contribution in [2.75, 3.05) is 0 Å². The summed E-state index contributed by atoms with van der Waals surface area (Å²) < 4.78 is 6.53. The number of benzene rings is 2. The lowest BCUT2D eigenvalue weighted by atomic mass is 9.92. The van der Waals surface area contributed by atoms with Gasteiger partial charge in [0, 0.05) is 22.5 Å². The van der Waals surface area contributed by atoms with E-state index in [0.29, 0.717) is 17.8 Å². The first-order valence-electron chi connectivity index (χ1n) is 10.3. The summed E-state index contributed by atoms with van der Waals surface area (Å²) >= 11 is 0. The molecular weight excluding hydrogens is 342 g/mol. The largest absolute Gasteiger partial charge is 0.455 e. The number of hydrogen-bond donors (Lipinski definition) is 0. The van der Waals surface area contributed by atoms with Crippen LogP contribution in [-0.2, 0) is 0 Å². The van der Waals surface area contributed by atoms with Crippen LogP contribution in [0.15, 0.2) is 53.1 Å². The number of pyridine rings is 1. The van der Waals surface area contributed by atoms with Crippen molar-refractivity contribution in [3.05, 3.63) is 65.4 Å². The molecule has 0 unspecified atom stereocenters. The second-order valence-corrected chi connectivity index (χ2v) is 8.71. The van der Waals surface area contributed by atoms with Crippen LogP contribution >= 0.6 is 0 Å². The van der Waals surface area contributed by atoms with Crippen LogP contribution in [0.1, 0.15) is 76.0 Å². The minimum Gasteiger partial charge on any atom is -0.455 e. The monoisotopic (exact) mass is 371 g/mol. The fourth-order valence-electron chi connectivity index (χ4n) is 3.87. The topological polar surface area (TPSA) is 26.0 Å². The van der Waals surface area contributed by atoms with Crippen molar-refractivity contribution in [1.82, 2.24) is 4.98 Å². The van der Waals surface area contributed by atoms with Gasteiger partial charge in [-0.2, -0.15) is 0 Å². The van der Waals surface area contributed by atoms with E-state index in [0.717, 1.165) is 22.4 Å². The minimum absolute atomic E-state index is 0.410. The first kappa shape index (κ1) is 18.7. The van der Waals surface area contributed by atoms with Gasteiger partial charge in [-0.25, -0.2) is 0 Å². The average Bonchev–Trinajstić information content (AvgIpc) is 3.05. The Labute approximate surface area is 167 Å². The molecule has 0 amide bonds. The Bertz CT molecular complexity index is 1150. The van der Waals surface area contributed by atoms with Gasteiger partial charge in [-0.3, -0.25) is 4.98 Å². The number of fused-ring (bicyclic) bond motifs is 3. The van der Waals surface area contributed by atoms with Crippen molar-refractivity contribution in [3.8, 4) is 11.3 Å². The molecule has 0 spiro atoms. The van der Waals surface area contributed by atoms with Gasteiger partial charge in [-0.05, 0) is 58.7 Å². The van der Waals surface area contributed by atoms with Crippen LogP contribution in [0.5, 0.6) is 0 Å². The number of nitrogens with zero attached hydrogens (tertiary/aromatic N) is 1. The minimum atomic E-state index is 0.410. The van der Waals surface area contributed by atoms with Crippen molar-refractivity contribution in [3.63, 3.8) is 0 Å². The molecule has 4 aromatic rings.